The van der Waals surface area contributed by atoms with Crippen LogP contribution in [0.1, 0.15) is 25.7 Å². The number of rotatable bonds is 6. The molecule has 2 aliphatic heterocycles. The van der Waals surface area contributed by atoms with Gasteiger partial charge in [-0.15, -0.1) is 0 Å². The van der Waals surface area contributed by atoms with Gasteiger partial charge in [-0.3, -0.25) is 9.78 Å². The van der Waals surface area contributed by atoms with Crippen LogP contribution in [0.15, 0.2) is 24.7 Å². The molecule has 1 unspecified atom stereocenters. The predicted octanol–water partition coefficient (Wildman–Crippen LogP) is 3.15. The molecule has 154 valence electrons. The van der Waals surface area contributed by atoms with Crippen molar-refractivity contribution in [3.8, 4) is 11.3 Å². The number of carbonyl (C=O) groups excluding carboxylic acids is 1. The number of nitrogens with one attached hydrogen (secondary N) is 2. The molecule has 0 aromatic carbocycles. The van der Waals surface area contributed by atoms with Gasteiger partial charge in [0.1, 0.15) is 17.7 Å². The third-order valence-corrected chi connectivity index (χ3v) is 5.45. The highest BCUT2D eigenvalue weighted by Crippen LogP contribution is 2.28. The van der Waals surface area contributed by atoms with Crippen LogP contribution >= 0.6 is 11.6 Å². The average Bonchev–Trinajstić information content (AvgIpc) is 3.30. The maximum atomic E-state index is 12.3. The number of anilines is 2. The Kier molecular flexibility index (Phi) is 6.53. The van der Waals surface area contributed by atoms with Crippen molar-refractivity contribution in [2.24, 2.45) is 5.92 Å². The molecule has 4 heterocycles. The Labute approximate surface area is 174 Å². The normalized spacial score (nSPS) is 19.8. The molecule has 2 N–H and O–H groups in total. The van der Waals surface area contributed by atoms with Gasteiger partial charge >= 0.3 is 0 Å². The lowest BCUT2D eigenvalue weighted by Crippen LogP contribution is -2.27. The highest BCUT2D eigenvalue weighted by atomic mass is 35.5. The molecule has 0 radical (unpaired) electrons. The van der Waals surface area contributed by atoms with Gasteiger partial charge in [0.2, 0.25) is 0 Å². The molecule has 2 saturated heterocycles. The van der Waals surface area contributed by atoms with Gasteiger partial charge in [-0.2, -0.15) is 0 Å². The van der Waals surface area contributed by atoms with E-state index in [0.29, 0.717) is 40.4 Å². The Hall–Kier alpha value is -2.29. The van der Waals surface area contributed by atoms with Gasteiger partial charge in [0.05, 0.1) is 23.1 Å². The minimum Gasteiger partial charge on any atom is -0.381 e. The van der Waals surface area contributed by atoms with Gasteiger partial charge in [0, 0.05) is 38.1 Å². The third kappa shape index (κ3) is 5.20. The van der Waals surface area contributed by atoms with Crippen LogP contribution in [0.3, 0.4) is 0 Å². The van der Waals surface area contributed by atoms with E-state index >= 15 is 0 Å². The molecule has 2 fully saturated rings. The Morgan fingerprint density at radius 2 is 2.00 bits per heavy atom. The Morgan fingerprint density at radius 1 is 1.14 bits per heavy atom. The van der Waals surface area contributed by atoms with Crippen molar-refractivity contribution in [1.29, 1.82) is 0 Å². The van der Waals surface area contributed by atoms with Crippen LogP contribution in [-0.2, 0) is 14.3 Å². The average molecular weight is 418 g/mol. The van der Waals surface area contributed by atoms with E-state index in [1.54, 1.807) is 18.5 Å². The summed E-state index contributed by atoms with van der Waals surface area (Å²) in [6.45, 7) is 3.06. The second-order valence-electron chi connectivity index (χ2n) is 7.27. The summed E-state index contributed by atoms with van der Waals surface area (Å²) >= 11 is 6.34. The second-order valence-corrected chi connectivity index (χ2v) is 7.67. The molecule has 0 saturated carbocycles. The van der Waals surface area contributed by atoms with E-state index < -0.39 is 6.10 Å². The summed E-state index contributed by atoms with van der Waals surface area (Å²) in [5, 5.41) is 6.59. The summed E-state index contributed by atoms with van der Waals surface area (Å²) in [6.07, 6.45) is 8.12. The molecule has 0 bridgehead atoms. The number of hydrogen-bond acceptors (Lipinski definition) is 7. The van der Waals surface area contributed by atoms with Crippen molar-refractivity contribution < 1.29 is 14.3 Å². The molecule has 0 spiro atoms. The van der Waals surface area contributed by atoms with Crippen LogP contribution < -0.4 is 10.6 Å². The highest BCUT2D eigenvalue weighted by Gasteiger charge is 2.24. The first-order valence-electron chi connectivity index (χ1n) is 9.91. The minimum atomic E-state index is -0.423. The number of halogens is 1. The van der Waals surface area contributed by atoms with Gasteiger partial charge < -0.3 is 20.1 Å². The molecule has 9 heteroatoms. The molecule has 2 aliphatic rings. The number of pyridine rings is 1. The van der Waals surface area contributed by atoms with Crippen molar-refractivity contribution >= 4 is 29.1 Å². The summed E-state index contributed by atoms with van der Waals surface area (Å²) in [4.78, 5) is 25.4. The molecule has 29 heavy (non-hydrogen) atoms. The van der Waals surface area contributed by atoms with E-state index in [9.17, 15) is 4.79 Å². The van der Waals surface area contributed by atoms with E-state index in [1.165, 1.54) is 6.20 Å². The third-order valence-electron chi connectivity index (χ3n) is 5.15. The van der Waals surface area contributed by atoms with Crippen LogP contribution in [0.2, 0.25) is 5.02 Å². The SMILES string of the molecule is O=C(Nc1cc(-c2cncc(NCC3CCOCC3)n2)c(Cl)cn1)C1CCCO1. The first-order valence-corrected chi connectivity index (χ1v) is 10.3. The van der Waals surface area contributed by atoms with Crippen molar-refractivity contribution in [2.75, 3.05) is 37.0 Å². The minimum absolute atomic E-state index is 0.193. The Bertz CT molecular complexity index is 854. The number of hydrogen-bond donors (Lipinski definition) is 2. The van der Waals surface area contributed by atoms with Gasteiger partial charge in [0.25, 0.3) is 5.91 Å². The maximum absolute atomic E-state index is 12.3. The van der Waals surface area contributed by atoms with Crippen LogP contribution in [0.25, 0.3) is 11.3 Å². The van der Waals surface area contributed by atoms with E-state index in [0.717, 1.165) is 45.4 Å². The van der Waals surface area contributed by atoms with Gasteiger partial charge in [0.15, 0.2) is 0 Å². The number of amides is 1. The molecule has 1 amide bonds. The van der Waals surface area contributed by atoms with E-state index in [1.807, 2.05) is 0 Å². The monoisotopic (exact) mass is 417 g/mol. The predicted molar refractivity (Wildman–Crippen MR) is 110 cm³/mol. The van der Waals surface area contributed by atoms with Crippen molar-refractivity contribution in [3.63, 3.8) is 0 Å². The summed E-state index contributed by atoms with van der Waals surface area (Å²) in [6, 6.07) is 1.71. The Balaban J connectivity index is 1.46. The number of aromatic nitrogens is 3. The van der Waals surface area contributed by atoms with Crippen molar-refractivity contribution in [2.45, 2.75) is 31.8 Å². The van der Waals surface area contributed by atoms with Crippen LogP contribution in [-0.4, -0.2) is 53.3 Å². The van der Waals surface area contributed by atoms with Crippen molar-refractivity contribution in [3.05, 3.63) is 29.7 Å². The first kappa shape index (κ1) is 20.0. The summed E-state index contributed by atoms with van der Waals surface area (Å²) in [5.74, 6) is 1.47. The molecular weight excluding hydrogens is 394 g/mol. The topological polar surface area (TPSA) is 98.3 Å². The Morgan fingerprint density at radius 3 is 2.79 bits per heavy atom. The maximum Gasteiger partial charge on any atom is 0.254 e. The highest BCUT2D eigenvalue weighted by molar-refractivity contribution is 6.33. The van der Waals surface area contributed by atoms with Crippen LogP contribution in [0.4, 0.5) is 11.6 Å². The molecule has 4 rings (SSSR count). The fourth-order valence-electron chi connectivity index (χ4n) is 3.47. The fraction of sp³-hybridized carbons (Fsp3) is 0.500. The van der Waals surface area contributed by atoms with E-state index in [-0.39, 0.29) is 5.91 Å². The van der Waals surface area contributed by atoms with Gasteiger partial charge in [-0.1, -0.05) is 11.6 Å². The molecule has 2 aromatic rings. The summed E-state index contributed by atoms with van der Waals surface area (Å²) in [5.41, 5.74) is 1.27. The first-order chi connectivity index (χ1) is 14.2. The zero-order valence-electron chi connectivity index (χ0n) is 16.1. The lowest BCUT2D eigenvalue weighted by molar-refractivity contribution is -0.124. The number of carbonyl (C=O) groups is 1. The van der Waals surface area contributed by atoms with Crippen LogP contribution in [0, 0.1) is 5.92 Å². The smallest absolute Gasteiger partial charge is 0.254 e. The zero-order valence-corrected chi connectivity index (χ0v) is 16.8. The summed E-state index contributed by atoms with van der Waals surface area (Å²) in [7, 11) is 0. The second kappa shape index (κ2) is 9.47. The number of nitrogens with zero attached hydrogens (tertiary/aromatic N) is 3. The van der Waals surface area contributed by atoms with Gasteiger partial charge in [-0.25, -0.2) is 9.97 Å². The quantitative estimate of drug-likeness (QED) is 0.744. The summed E-state index contributed by atoms with van der Waals surface area (Å²) < 4.78 is 10.8. The zero-order chi connectivity index (χ0) is 20.1. The van der Waals surface area contributed by atoms with Crippen molar-refractivity contribution in [1.82, 2.24) is 15.0 Å². The van der Waals surface area contributed by atoms with Crippen LogP contribution in [0.5, 0.6) is 0 Å². The van der Waals surface area contributed by atoms with Gasteiger partial charge in [-0.05, 0) is 37.7 Å². The largest absolute Gasteiger partial charge is 0.381 e. The van der Waals surface area contributed by atoms with E-state index in [2.05, 4.69) is 25.6 Å². The lowest BCUT2D eigenvalue weighted by atomic mass is 10.0. The molecule has 2 aromatic heterocycles. The molecule has 1 atom stereocenters. The molecule has 0 aliphatic carbocycles. The molecular formula is C20H24ClN5O3. The van der Waals surface area contributed by atoms with E-state index in [4.69, 9.17) is 21.1 Å². The fourth-order valence-corrected chi connectivity index (χ4v) is 3.67. The lowest BCUT2D eigenvalue weighted by Gasteiger charge is -2.22. The standard InChI is InChI=1S/C20H24ClN5O3/c21-15-10-24-18(26-20(27)17-2-1-5-29-17)8-14(15)16-11-22-12-19(25-16)23-9-13-3-6-28-7-4-13/h8,10-13,17H,1-7,9H2,(H,23,25)(H,24,26,27). The number of ether oxygens (including phenoxy) is 2. The molecule has 8 nitrogen and oxygen atoms in total.